The first-order valence-corrected chi connectivity index (χ1v) is 11.1. The molecule has 5 nitrogen and oxygen atoms in total. The van der Waals surface area contributed by atoms with Gasteiger partial charge in [-0.3, -0.25) is 9.59 Å². The van der Waals surface area contributed by atoms with E-state index in [1.54, 1.807) is 0 Å². The summed E-state index contributed by atoms with van der Waals surface area (Å²) in [4.78, 5) is 27.8. The number of carbonyl (C=O) groups is 2. The number of rotatable bonds is 6. The van der Waals surface area contributed by atoms with Crippen molar-refractivity contribution < 1.29 is 14.3 Å². The van der Waals surface area contributed by atoms with E-state index in [2.05, 4.69) is 44.4 Å². The Morgan fingerprint density at radius 1 is 1.13 bits per heavy atom. The Balaban J connectivity index is 1.95. The number of piperidine rings is 1. The molecule has 162 valence electrons. The summed E-state index contributed by atoms with van der Waals surface area (Å²) >= 11 is 0. The highest BCUT2D eigenvalue weighted by Crippen LogP contribution is 2.28. The van der Waals surface area contributed by atoms with Gasteiger partial charge in [-0.25, -0.2) is 0 Å². The van der Waals surface area contributed by atoms with Crippen LogP contribution in [0.1, 0.15) is 65.1 Å². The van der Waals surface area contributed by atoms with E-state index >= 15 is 0 Å². The van der Waals surface area contributed by atoms with Crippen LogP contribution >= 0.6 is 0 Å². The zero-order chi connectivity index (χ0) is 21.8. The Bertz CT molecular complexity index is 929. The van der Waals surface area contributed by atoms with Gasteiger partial charge in [-0.15, -0.1) is 0 Å². The lowest BCUT2D eigenvalue weighted by Gasteiger charge is -2.32. The average Bonchev–Trinajstić information content (AvgIpc) is 2.98. The number of likely N-dealkylation sites (tertiary alicyclic amines) is 1. The summed E-state index contributed by atoms with van der Waals surface area (Å²) in [6, 6.07) is 8.32. The summed E-state index contributed by atoms with van der Waals surface area (Å²) in [5.41, 5.74) is 6.66. The monoisotopic (exact) mass is 410 g/mol. The third kappa shape index (κ3) is 4.30. The van der Waals surface area contributed by atoms with Gasteiger partial charge in [0.15, 0.2) is 0 Å². The molecule has 1 amide bonds. The predicted molar refractivity (Wildman–Crippen MR) is 119 cm³/mol. The summed E-state index contributed by atoms with van der Waals surface area (Å²) in [5, 5.41) is 0. The zero-order valence-corrected chi connectivity index (χ0v) is 19.0. The number of carbonyl (C=O) groups excluding carboxylic acids is 2. The van der Waals surface area contributed by atoms with Crippen molar-refractivity contribution in [3.05, 3.63) is 57.9 Å². The zero-order valence-electron chi connectivity index (χ0n) is 19.0. The fourth-order valence-electron chi connectivity index (χ4n) is 4.66. The van der Waals surface area contributed by atoms with Crippen LogP contribution in [-0.2, 0) is 22.5 Å². The highest BCUT2D eigenvalue weighted by atomic mass is 16.5. The van der Waals surface area contributed by atoms with Crippen molar-refractivity contribution in [2.45, 2.75) is 60.4 Å². The molecular formula is C25H34N2O3. The van der Waals surface area contributed by atoms with Crippen molar-refractivity contribution in [2.75, 3.05) is 19.7 Å². The topological polar surface area (TPSA) is 51.5 Å². The normalized spacial score (nSPS) is 16.6. The summed E-state index contributed by atoms with van der Waals surface area (Å²) in [6.45, 7) is 12.4. The molecular weight excluding hydrogens is 376 g/mol. The summed E-state index contributed by atoms with van der Waals surface area (Å²) in [6.07, 6.45) is 2.50. The van der Waals surface area contributed by atoms with E-state index in [1.807, 2.05) is 24.0 Å². The second-order valence-electron chi connectivity index (χ2n) is 8.25. The van der Waals surface area contributed by atoms with Crippen molar-refractivity contribution in [2.24, 2.45) is 5.92 Å². The molecule has 3 rings (SSSR count). The van der Waals surface area contributed by atoms with Gasteiger partial charge in [0.1, 0.15) is 5.69 Å². The van der Waals surface area contributed by atoms with Crippen molar-refractivity contribution in [3.63, 3.8) is 0 Å². The molecule has 0 N–H and O–H groups in total. The van der Waals surface area contributed by atoms with Crippen LogP contribution in [0.2, 0.25) is 0 Å². The van der Waals surface area contributed by atoms with Crippen LogP contribution in [-0.4, -0.2) is 41.0 Å². The number of aryl methyl sites for hydroxylation is 1. The minimum absolute atomic E-state index is 0.0258. The minimum atomic E-state index is -0.227. The number of aromatic nitrogens is 1. The quantitative estimate of drug-likeness (QED) is 0.662. The third-order valence-electron chi connectivity index (χ3n) is 6.39. The van der Waals surface area contributed by atoms with Crippen molar-refractivity contribution in [1.29, 1.82) is 0 Å². The lowest BCUT2D eigenvalue weighted by Crippen LogP contribution is -2.43. The van der Waals surface area contributed by atoms with Crippen LogP contribution in [0, 0.1) is 26.7 Å². The van der Waals surface area contributed by atoms with Gasteiger partial charge in [0, 0.05) is 25.3 Å². The second-order valence-corrected chi connectivity index (χ2v) is 8.25. The third-order valence-corrected chi connectivity index (χ3v) is 6.39. The fourth-order valence-corrected chi connectivity index (χ4v) is 4.66. The first kappa shape index (κ1) is 22.1. The number of ether oxygens (including phenoxy) is 1. The van der Waals surface area contributed by atoms with Gasteiger partial charge >= 0.3 is 5.97 Å². The SMILES string of the molecule is CCOC(=O)[C@@H]1CCCN(C(=O)c2c(C)c(CC)c(C)n2Cc2ccccc2C)C1. The average molecular weight is 411 g/mol. The molecule has 5 heteroatoms. The van der Waals surface area contributed by atoms with E-state index < -0.39 is 0 Å². The predicted octanol–water partition coefficient (Wildman–Crippen LogP) is 4.44. The number of hydrogen-bond donors (Lipinski definition) is 0. The van der Waals surface area contributed by atoms with Crippen LogP contribution in [0.5, 0.6) is 0 Å². The molecule has 1 fully saturated rings. The standard InChI is InChI=1S/C25H34N2O3/c1-6-22-18(4)23(27(19(22)5)16-20-12-9-8-11-17(20)3)24(28)26-14-10-13-21(15-26)25(29)30-7-2/h8-9,11-12,21H,6-7,10,13-16H2,1-5H3/t21-/m1/s1. The Morgan fingerprint density at radius 2 is 1.87 bits per heavy atom. The van der Waals surface area contributed by atoms with Gasteiger partial charge in [0.2, 0.25) is 0 Å². The number of benzene rings is 1. The van der Waals surface area contributed by atoms with E-state index in [-0.39, 0.29) is 17.8 Å². The van der Waals surface area contributed by atoms with Crippen LogP contribution in [0.25, 0.3) is 0 Å². The Kier molecular flexibility index (Phi) is 7.01. The summed E-state index contributed by atoms with van der Waals surface area (Å²) < 4.78 is 7.39. The highest BCUT2D eigenvalue weighted by Gasteiger charge is 2.32. The first-order valence-electron chi connectivity index (χ1n) is 11.1. The van der Waals surface area contributed by atoms with Crippen molar-refractivity contribution in [1.82, 2.24) is 9.47 Å². The Labute approximate surface area is 180 Å². The molecule has 1 saturated heterocycles. The number of hydrogen-bond acceptors (Lipinski definition) is 3. The number of amides is 1. The Morgan fingerprint density at radius 3 is 2.53 bits per heavy atom. The molecule has 0 spiro atoms. The molecule has 0 bridgehead atoms. The molecule has 0 unspecified atom stereocenters. The van der Waals surface area contributed by atoms with Gasteiger partial charge in [-0.05, 0) is 69.2 Å². The minimum Gasteiger partial charge on any atom is -0.466 e. The maximum absolute atomic E-state index is 13.7. The molecule has 1 atom stereocenters. The van der Waals surface area contributed by atoms with Gasteiger partial charge in [-0.1, -0.05) is 31.2 Å². The Hall–Kier alpha value is -2.56. The van der Waals surface area contributed by atoms with Crippen LogP contribution in [0.15, 0.2) is 24.3 Å². The molecule has 0 radical (unpaired) electrons. The van der Waals surface area contributed by atoms with Crippen molar-refractivity contribution >= 4 is 11.9 Å². The molecule has 1 aliphatic heterocycles. The highest BCUT2D eigenvalue weighted by molar-refractivity contribution is 5.95. The number of esters is 1. The fraction of sp³-hybridized carbons (Fsp3) is 0.520. The summed E-state index contributed by atoms with van der Waals surface area (Å²) in [5.74, 6) is -0.389. The van der Waals surface area contributed by atoms with Crippen LogP contribution < -0.4 is 0 Å². The van der Waals surface area contributed by atoms with Crippen LogP contribution in [0.3, 0.4) is 0 Å². The largest absolute Gasteiger partial charge is 0.466 e. The van der Waals surface area contributed by atoms with E-state index in [1.165, 1.54) is 16.7 Å². The maximum atomic E-state index is 13.7. The van der Waals surface area contributed by atoms with E-state index in [4.69, 9.17) is 4.74 Å². The lowest BCUT2D eigenvalue weighted by molar-refractivity contribution is -0.149. The first-order chi connectivity index (χ1) is 14.4. The maximum Gasteiger partial charge on any atom is 0.310 e. The second kappa shape index (κ2) is 9.50. The smallest absolute Gasteiger partial charge is 0.310 e. The number of nitrogens with zero attached hydrogens (tertiary/aromatic N) is 2. The van der Waals surface area contributed by atoms with Gasteiger partial charge in [0.25, 0.3) is 5.91 Å². The van der Waals surface area contributed by atoms with E-state index in [0.717, 1.165) is 36.2 Å². The molecule has 1 aromatic heterocycles. The van der Waals surface area contributed by atoms with Gasteiger partial charge in [-0.2, -0.15) is 0 Å². The van der Waals surface area contributed by atoms with E-state index in [0.29, 0.717) is 26.2 Å². The van der Waals surface area contributed by atoms with Crippen molar-refractivity contribution in [3.8, 4) is 0 Å². The summed E-state index contributed by atoms with van der Waals surface area (Å²) in [7, 11) is 0. The van der Waals surface area contributed by atoms with Gasteiger partial charge in [0.05, 0.1) is 12.5 Å². The van der Waals surface area contributed by atoms with E-state index in [9.17, 15) is 9.59 Å². The lowest BCUT2D eigenvalue weighted by atomic mass is 9.97. The molecule has 1 aromatic carbocycles. The molecule has 0 aliphatic carbocycles. The molecule has 1 aliphatic rings. The molecule has 30 heavy (non-hydrogen) atoms. The molecule has 2 heterocycles. The van der Waals surface area contributed by atoms with Gasteiger partial charge < -0.3 is 14.2 Å². The molecule has 0 saturated carbocycles. The molecule has 2 aromatic rings. The van der Waals surface area contributed by atoms with Crippen LogP contribution in [0.4, 0.5) is 0 Å².